The number of hydrogen-bond donors (Lipinski definition) is 0. The molecule has 0 radical (unpaired) electrons. The van der Waals surface area contributed by atoms with E-state index >= 15 is 0 Å². The molecule has 0 amide bonds. The molecule has 0 aliphatic heterocycles. The average Bonchev–Trinajstić information content (AvgIpc) is 2.62. The van der Waals surface area contributed by atoms with Crippen molar-refractivity contribution >= 4 is 17.2 Å². The van der Waals surface area contributed by atoms with Crippen LogP contribution in [-0.4, -0.2) is 12.0 Å². The molecular formula is C16H21ClO. The van der Waals surface area contributed by atoms with Gasteiger partial charge in [-0.15, -0.1) is 11.6 Å². The predicted octanol–water partition coefficient (Wildman–Crippen LogP) is 5.04. The molecule has 1 atom stereocenters. The second kappa shape index (κ2) is 6.84. The number of alkyl halides is 1. The molecule has 0 spiro atoms. The molecule has 2 heteroatoms. The lowest BCUT2D eigenvalue weighted by Gasteiger charge is -2.09. The molecule has 98 valence electrons. The normalized spacial score (nSPS) is 20.1. The monoisotopic (exact) mass is 264 g/mol. The summed E-state index contributed by atoms with van der Waals surface area (Å²) in [7, 11) is 0. The van der Waals surface area contributed by atoms with E-state index in [1.54, 1.807) is 0 Å². The van der Waals surface area contributed by atoms with E-state index in [0.717, 1.165) is 31.6 Å². The van der Waals surface area contributed by atoms with Gasteiger partial charge in [-0.3, -0.25) is 0 Å². The molecular weight excluding hydrogens is 244 g/mol. The highest BCUT2D eigenvalue weighted by Gasteiger charge is 2.11. The first-order valence-electron chi connectivity index (χ1n) is 6.87. The molecule has 0 heterocycles. The van der Waals surface area contributed by atoms with Crippen LogP contribution in [0.2, 0.25) is 0 Å². The number of rotatable bonds is 4. The maximum Gasteiger partial charge on any atom is 0.119 e. The maximum atomic E-state index is 6.26. The van der Waals surface area contributed by atoms with Crippen molar-refractivity contribution < 1.29 is 4.74 Å². The van der Waals surface area contributed by atoms with Gasteiger partial charge in [0.1, 0.15) is 5.75 Å². The topological polar surface area (TPSA) is 9.23 Å². The van der Waals surface area contributed by atoms with Crippen LogP contribution in [0, 0.1) is 0 Å². The van der Waals surface area contributed by atoms with Crippen LogP contribution in [0.5, 0.6) is 5.75 Å². The van der Waals surface area contributed by atoms with Crippen LogP contribution in [0.15, 0.2) is 30.3 Å². The van der Waals surface area contributed by atoms with E-state index in [2.05, 4.69) is 37.3 Å². The molecule has 1 aliphatic rings. The molecule has 2 rings (SSSR count). The van der Waals surface area contributed by atoms with Crippen molar-refractivity contribution in [3.8, 4) is 5.75 Å². The van der Waals surface area contributed by atoms with E-state index < -0.39 is 0 Å². The van der Waals surface area contributed by atoms with Crippen molar-refractivity contribution in [2.75, 3.05) is 6.61 Å². The fourth-order valence-electron chi connectivity index (χ4n) is 2.27. The summed E-state index contributed by atoms with van der Waals surface area (Å²) in [6.45, 7) is 2.90. The summed E-state index contributed by atoms with van der Waals surface area (Å²) >= 11 is 6.26. The van der Waals surface area contributed by atoms with Crippen LogP contribution in [0.1, 0.15) is 44.6 Å². The van der Waals surface area contributed by atoms with Crippen molar-refractivity contribution in [3.63, 3.8) is 0 Å². The van der Waals surface area contributed by atoms with Crippen LogP contribution in [-0.2, 0) is 0 Å². The largest absolute Gasteiger partial charge is 0.494 e. The van der Waals surface area contributed by atoms with Gasteiger partial charge in [0.05, 0.1) is 12.0 Å². The molecule has 1 unspecified atom stereocenters. The summed E-state index contributed by atoms with van der Waals surface area (Å²) in [6.07, 6.45) is 7.97. The summed E-state index contributed by atoms with van der Waals surface area (Å²) < 4.78 is 5.60. The van der Waals surface area contributed by atoms with Crippen molar-refractivity contribution in [1.82, 2.24) is 0 Å². The molecule has 0 bridgehead atoms. The van der Waals surface area contributed by atoms with Crippen molar-refractivity contribution in [2.24, 2.45) is 0 Å². The van der Waals surface area contributed by atoms with Gasteiger partial charge in [-0.05, 0) is 49.0 Å². The highest BCUT2D eigenvalue weighted by molar-refractivity contribution is 6.22. The Labute approximate surface area is 115 Å². The third kappa shape index (κ3) is 3.78. The Morgan fingerprint density at radius 3 is 2.72 bits per heavy atom. The fourth-order valence-corrected chi connectivity index (χ4v) is 2.57. The quantitative estimate of drug-likeness (QED) is 0.692. The summed E-state index contributed by atoms with van der Waals surface area (Å²) in [6, 6.07) is 8.40. The highest BCUT2D eigenvalue weighted by Crippen LogP contribution is 2.29. The molecule has 0 N–H and O–H groups in total. The van der Waals surface area contributed by atoms with Crippen molar-refractivity contribution in [1.29, 1.82) is 0 Å². The second-order valence-electron chi connectivity index (χ2n) is 4.83. The van der Waals surface area contributed by atoms with Gasteiger partial charge in [-0.1, -0.05) is 31.6 Å². The Balaban J connectivity index is 2.08. The molecule has 1 aromatic rings. The summed E-state index contributed by atoms with van der Waals surface area (Å²) in [4.78, 5) is 0. The second-order valence-corrected chi connectivity index (χ2v) is 5.39. The maximum absolute atomic E-state index is 6.26. The lowest BCUT2D eigenvalue weighted by molar-refractivity contribution is 0.317. The Morgan fingerprint density at radius 2 is 2.00 bits per heavy atom. The zero-order valence-corrected chi connectivity index (χ0v) is 11.7. The zero-order chi connectivity index (χ0) is 12.8. The number of benzene rings is 1. The molecule has 1 aliphatic carbocycles. The molecule has 0 fully saturated rings. The summed E-state index contributed by atoms with van der Waals surface area (Å²) in [5.41, 5.74) is 2.67. The van der Waals surface area contributed by atoms with Gasteiger partial charge in [0.2, 0.25) is 0 Å². The first kappa shape index (κ1) is 13.5. The lowest BCUT2D eigenvalue weighted by atomic mass is 10.0. The number of ether oxygens (including phenoxy) is 1. The minimum Gasteiger partial charge on any atom is -0.494 e. The lowest BCUT2D eigenvalue weighted by Crippen LogP contribution is -1.95. The summed E-state index contributed by atoms with van der Waals surface area (Å²) in [5.74, 6) is 0.956. The minimum atomic E-state index is 0.193. The van der Waals surface area contributed by atoms with Gasteiger partial charge in [0, 0.05) is 0 Å². The Bertz CT molecular complexity index is 394. The Kier molecular flexibility index (Phi) is 5.12. The SMILES string of the molecule is CCCOc1ccc(C2=CC(Cl)CCCC2)cc1. The van der Waals surface area contributed by atoms with E-state index in [4.69, 9.17) is 16.3 Å². The van der Waals surface area contributed by atoms with Crippen LogP contribution < -0.4 is 4.74 Å². The molecule has 1 aromatic carbocycles. The third-order valence-electron chi connectivity index (χ3n) is 3.26. The highest BCUT2D eigenvalue weighted by atomic mass is 35.5. The van der Waals surface area contributed by atoms with Gasteiger partial charge in [0.15, 0.2) is 0 Å². The Morgan fingerprint density at radius 1 is 1.22 bits per heavy atom. The van der Waals surface area contributed by atoms with E-state index in [0.29, 0.717) is 0 Å². The average molecular weight is 265 g/mol. The standard InChI is InChI=1S/C16H21ClO/c1-2-11-18-16-9-7-13(8-10-16)14-5-3-4-6-15(17)12-14/h7-10,12,15H,2-6,11H2,1H3. The van der Waals surface area contributed by atoms with E-state index in [1.165, 1.54) is 24.0 Å². The molecule has 18 heavy (non-hydrogen) atoms. The van der Waals surface area contributed by atoms with Crippen LogP contribution in [0.4, 0.5) is 0 Å². The van der Waals surface area contributed by atoms with E-state index in [1.807, 2.05) is 0 Å². The zero-order valence-electron chi connectivity index (χ0n) is 11.0. The van der Waals surface area contributed by atoms with Crippen molar-refractivity contribution in [2.45, 2.75) is 44.4 Å². The van der Waals surface area contributed by atoms with Gasteiger partial charge in [-0.25, -0.2) is 0 Å². The first-order chi connectivity index (χ1) is 8.79. The van der Waals surface area contributed by atoms with Crippen LogP contribution in [0.3, 0.4) is 0 Å². The molecule has 1 nitrogen and oxygen atoms in total. The molecule has 0 saturated heterocycles. The van der Waals surface area contributed by atoms with Gasteiger partial charge < -0.3 is 4.74 Å². The number of hydrogen-bond acceptors (Lipinski definition) is 1. The molecule has 0 saturated carbocycles. The van der Waals surface area contributed by atoms with Crippen LogP contribution >= 0.6 is 11.6 Å². The van der Waals surface area contributed by atoms with E-state index in [-0.39, 0.29) is 5.38 Å². The Hall–Kier alpha value is -0.950. The van der Waals surface area contributed by atoms with Gasteiger partial charge in [-0.2, -0.15) is 0 Å². The molecule has 0 aromatic heterocycles. The smallest absolute Gasteiger partial charge is 0.119 e. The number of allylic oxidation sites excluding steroid dienone is 2. The third-order valence-corrected chi connectivity index (χ3v) is 3.60. The number of halogens is 1. The van der Waals surface area contributed by atoms with Gasteiger partial charge >= 0.3 is 0 Å². The minimum absolute atomic E-state index is 0.193. The summed E-state index contributed by atoms with van der Waals surface area (Å²) in [5, 5.41) is 0.193. The van der Waals surface area contributed by atoms with Gasteiger partial charge in [0.25, 0.3) is 0 Å². The predicted molar refractivity (Wildman–Crippen MR) is 78.3 cm³/mol. The van der Waals surface area contributed by atoms with Crippen LogP contribution in [0.25, 0.3) is 5.57 Å². The van der Waals surface area contributed by atoms with Crippen molar-refractivity contribution in [3.05, 3.63) is 35.9 Å². The first-order valence-corrected chi connectivity index (χ1v) is 7.31. The van der Waals surface area contributed by atoms with E-state index in [9.17, 15) is 0 Å². The fraction of sp³-hybridized carbons (Fsp3) is 0.500.